The number of ether oxygens (including phenoxy) is 1. The number of nitrogens with one attached hydrogen (secondary N) is 1. The zero-order valence-electron chi connectivity index (χ0n) is 12.2. The van der Waals surface area contributed by atoms with Gasteiger partial charge in [-0.25, -0.2) is 8.78 Å². The molecule has 2 aromatic carbocycles. The van der Waals surface area contributed by atoms with Crippen molar-refractivity contribution in [3.05, 3.63) is 65.2 Å². The molecule has 21 heavy (non-hydrogen) atoms. The molecule has 1 N–H and O–H groups in total. The molecule has 0 aliphatic carbocycles. The van der Waals surface area contributed by atoms with Gasteiger partial charge >= 0.3 is 0 Å². The van der Waals surface area contributed by atoms with Crippen molar-refractivity contribution >= 4 is 0 Å². The first-order valence-electron chi connectivity index (χ1n) is 6.93. The van der Waals surface area contributed by atoms with Crippen LogP contribution in [0.2, 0.25) is 0 Å². The molecule has 2 aromatic rings. The number of hydrogen-bond donors (Lipinski definition) is 1. The van der Waals surface area contributed by atoms with Crippen molar-refractivity contribution < 1.29 is 13.5 Å². The first kappa shape index (κ1) is 15.4. The van der Waals surface area contributed by atoms with Crippen molar-refractivity contribution in [2.24, 2.45) is 0 Å². The van der Waals surface area contributed by atoms with E-state index in [0.717, 1.165) is 18.7 Å². The fourth-order valence-electron chi connectivity index (χ4n) is 1.82. The van der Waals surface area contributed by atoms with Crippen LogP contribution in [0.4, 0.5) is 8.78 Å². The summed E-state index contributed by atoms with van der Waals surface area (Å²) in [4.78, 5) is 0. The SMILES string of the molecule is CC(C)NCc1ccc(OCc2ccc(F)c(F)c2)cc1. The number of rotatable bonds is 6. The molecule has 0 amide bonds. The monoisotopic (exact) mass is 291 g/mol. The van der Waals surface area contributed by atoms with E-state index in [2.05, 4.69) is 19.2 Å². The van der Waals surface area contributed by atoms with E-state index in [1.165, 1.54) is 11.6 Å². The lowest BCUT2D eigenvalue weighted by Crippen LogP contribution is -2.21. The fourth-order valence-corrected chi connectivity index (χ4v) is 1.82. The van der Waals surface area contributed by atoms with E-state index < -0.39 is 11.6 Å². The van der Waals surface area contributed by atoms with Crippen LogP contribution in [0.3, 0.4) is 0 Å². The third kappa shape index (κ3) is 4.83. The maximum Gasteiger partial charge on any atom is 0.159 e. The summed E-state index contributed by atoms with van der Waals surface area (Å²) in [6.07, 6.45) is 0. The zero-order valence-corrected chi connectivity index (χ0v) is 12.2. The standard InChI is InChI=1S/C17H19F2NO/c1-12(2)20-10-13-3-6-15(7-4-13)21-11-14-5-8-16(18)17(19)9-14/h3-9,12,20H,10-11H2,1-2H3. The lowest BCUT2D eigenvalue weighted by molar-refractivity contribution is 0.305. The molecule has 0 heterocycles. The smallest absolute Gasteiger partial charge is 0.159 e. The van der Waals surface area contributed by atoms with Gasteiger partial charge in [-0.05, 0) is 35.4 Å². The maximum absolute atomic E-state index is 13.1. The van der Waals surface area contributed by atoms with Crippen molar-refractivity contribution in [2.75, 3.05) is 0 Å². The van der Waals surface area contributed by atoms with Crippen LogP contribution in [0.5, 0.6) is 5.75 Å². The molecule has 0 saturated carbocycles. The summed E-state index contributed by atoms with van der Waals surface area (Å²) in [5.74, 6) is -1.00. The van der Waals surface area contributed by atoms with E-state index in [4.69, 9.17) is 4.74 Å². The first-order valence-corrected chi connectivity index (χ1v) is 6.93. The summed E-state index contributed by atoms with van der Waals surface area (Å²) >= 11 is 0. The Kier molecular flexibility index (Phi) is 5.28. The Hall–Kier alpha value is -1.94. The quantitative estimate of drug-likeness (QED) is 0.867. The van der Waals surface area contributed by atoms with Crippen LogP contribution >= 0.6 is 0 Å². The second-order valence-electron chi connectivity index (χ2n) is 5.22. The van der Waals surface area contributed by atoms with E-state index in [1.54, 1.807) is 0 Å². The Morgan fingerprint density at radius 3 is 2.24 bits per heavy atom. The van der Waals surface area contributed by atoms with Crippen LogP contribution in [-0.2, 0) is 13.2 Å². The van der Waals surface area contributed by atoms with Crippen molar-refractivity contribution in [3.8, 4) is 5.75 Å². The van der Waals surface area contributed by atoms with Gasteiger partial charge in [0.15, 0.2) is 11.6 Å². The number of benzene rings is 2. The molecule has 0 aromatic heterocycles. The van der Waals surface area contributed by atoms with Gasteiger partial charge in [0.05, 0.1) is 0 Å². The highest BCUT2D eigenvalue weighted by atomic mass is 19.2. The Morgan fingerprint density at radius 1 is 0.952 bits per heavy atom. The van der Waals surface area contributed by atoms with E-state index >= 15 is 0 Å². The van der Waals surface area contributed by atoms with Gasteiger partial charge in [0.1, 0.15) is 12.4 Å². The van der Waals surface area contributed by atoms with Gasteiger partial charge < -0.3 is 10.1 Å². The van der Waals surface area contributed by atoms with Gasteiger partial charge in [-0.15, -0.1) is 0 Å². The summed E-state index contributed by atoms with van der Waals surface area (Å²) in [6.45, 7) is 5.21. The molecule has 2 rings (SSSR count). The lowest BCUT2D eigenvalue weighted by Gasteiger charge is -2.10. The number of hydrogen-bond acceptors (Lipinski definition) is 2. The topological polar surface area (TPSA) is 21.3 Å². The average molecular weight is 291 g/mol. The summed E-state index contributed by atoms with van der Waals surface area (Å²) < 4.78 is 31.4. The second-order valence-corrected chi connectivity index (χ2v) is 5.22. The van der Waals surface area contributed by atoms with Gasteiger partial charge in [0, 0.05) is 12.6 Å². The molecule has 4 heteroatoms. The molecule has 0 aliphatic heterocycles. The molecule has 0 radical (unpaired) electrons. The third-order valence-corrected chi connectivity index (χ3v) is 3.03. The molecular formula is C17H19F2NO. The van der Waals surface area contributed by atoms with Crippen molar-refractivity contribution in [2.45, 2.75) is 33.0 Å². The molecule has 0 saturated heterocycles. The third-order valence-electron chi connectivity index (χ3n) is 3.03. The van der Waals surface area contributed by atoms with Crippen LogP contribution in [0.1, 0.15) is 25.0 Å². The van der Waals surface area contributed by atoms with E-state index in [0.29, 0.717) is 17.4 Å². The van der Waals surface area contributed by atoms with Gasteiger partial charge in [0.2, 0.25) is 0 Å². The van der Waals surface area contributed by atoms with Gasteiger partial charge in [0.25, 0.3) is 0 Å². The van der Waals surface area contributed by atoms with Crippen molar-refractivity contribution in [1.82, 2.24) is 5.32 Å². The van der Waals surface area contributed by atoms with E-state index in [9.17, 15) is 8.78 Å². The predicted octanol–water partition coefficient (Wildman–Crippen LogP) is 4.04. The molecule has 0 spiro atoms. The minimum Gasteiger partial charge on any atom is -0.489 e. The molecule has 0 aliphatic rings. The van der Waals surface area contributed by atoms with E-state index in [-0.39, 0.29) is 6.61 Å². The molecule has 112 valence electrons. The van der Waals surface area contributed by atoms with Crippen LogP contribution < -0.4 is 10.1 Å². The highest BCUT2D eigenvalue weighted by Gasteiger charge is 2.03. The largest absolute Gasteiger partial charge is 0.489 e. The van der Waals surface area contributed by atoms with Crippen molar-refractivity contribution in [1.29, 1.82) is 0 Å². The van der Waals surface area contributed by atoms with Crippen molar-refractivity contribution in [3.63, 3.8) is 0 Å². The first-order chi connectivity index (χ1) is 10.0. The summed E-state index contributed by atoms with van der Waals surface area (Å²) in [5.41, 5.74) is 1.77. The van der Waals surface area contributed by atoms with Gasteiger partial charge in [-0.3, -0.25) is 0 Å². The molecule has 0 fully saturated rings. The Morgan fingerprint density at radius 2 is 1.62 bits per heavy atom. The molecule has 2 nitrogen and oxygen atoms in total. The Labute approximate surface area is 123 Å². The average Bonchev–Trinajstić information content (AvgIpc) is 2.47. The van der Waals surface area contributed by atoms with Gasteiger partial charge in [-0.2, -0.15) is 0 Å². The highest BCUT2D eigenvalue weighted by molar-refractivity contribution is 5.28. The predicted molar refractivity (Wildman–Crippen MR) is 79.1 cm³/mol. The lowest BCUT2D eigenvalue weighted by atomic mass is 10.2. The van der Waals surface area contributed by atoms with Crippen LogP contribution in [-0.4, -0.2) is 6.04 Å². The highest BCUT2D eigenvalue weighted by Crippen LogP contribution is 2.15. The molecular weight excluding hydrogens is 272 g/mol. The molecule has 0 bridgehead atoms. The van der Waals surface area contributed by atoms with E-state index in [1.807, 2.05) is 24.3 Å². The minimum atomic E-state index is -0.855. The van der Waals surface area contributed by atoms with Gasteiger partial charge in [-0.1, -0.05) is 32.0 Å². The fraction of sp³-hybridized carbons (Fsp3) is 0.294. The second kappa shape index (κ2) is 7.18. The Balaban J connectivity index is 1.89. The molecule has 0 atom stereocenters. The number of halogens is 2. The van der Waals surface area contributed by atoms with Crippen LogP contribution in [0.15, 0.2) is 42.5 Å². The summed E-state index contributed by atoms with van der Waals surface area (Å²) in [7, 11) is 0. The zero-order chi connectivity index (χ0) is 15.2. The normalized spacial score (nSPS) is 10.9. The summed E-state index contributed by atoms with van der Waals surface area (Å²) in [6, 6.07) is 11.9. The molecule has 0 unspecified atom stereocenters. The minimum absolute atomic E-state index is 0.209. The van der Waals surface area contributed by atoms with Crippen LogP contribution in [0, 0.1) is 11.6 Å². The maximum atomic E-state index is 13.1. The summed E-state index contributed by atoms with van der Waals surface area (Å²) in [5, 5.41) is 3.33. The Bertz CT molecular complexity index is 582. The van der Waals surface area contributed by atoms with Crippen LogP contribution in [0.25, 0.3) is 0 Å².